The molecule has 1 aromatic carbocycles. The molecular weight excluding hydrogens is 378 g/mol. The Kier molecular flexibility index (Phi) is 5.37. The number of hydrogen-bond donors (Lipinski definition) is 0. The van der Waals surface area contributed by atoms with Crippen LogP contribution in [0.2, 0.25) is 0 Å². The molecular formula is C17H22BrNO5. The zero-order valence-corrected chi connectivity index (χ0v) is 16.1. The Hall–Kier alpha value is -1.44. The molecule has 0 N–H and O–H groups in total. The van der Waals surface area contributed by atoms with Gasteiger partial charge in [0.05, 0.1) is 18.9 Å². The highest BCUT2D eigenvalue weighted by molar-refractivity contribution is 9.10. The maximum atomic E-state index is 13.2. The molecule has 0 saturated carbocycles. The smallest absolute Gasteiger partial charge is 0.421 e. The molecule has 0 bridgehead atoms. The van der Waals surface area contributed by atoms with Crippen LogP contribution in [0, 0.1) is 0 Å². The van der Waals surface area contributed by atoms with Gasteiger partial charge in [0.25, 0.3) is 5.91 Å². The quantitative estimate of drug-likeness (QED) is 0.777. The Morgan fingerprint density at radius 3 is 2.29 bits per heavy atom. The van der Waals surface area contributed by atoms with Crippen LogP contribution < -0.4 is 4.90 Å². The van der Waals surface area contributed by atoms with Gasteiger partial charge in [0.15, 0.2) is 0 Å². The van der Waals surface area contributed by atoms with Gasteiger partial charge >= 0.3 is 6.09 Å². The number of methoxy groups -OCH3 is 2. The van der Waals surface area contributed by atoms with Gasteiger partial charge in [-0.1, -0.05) is 22.0 Å². The zero-order chi connectivity index (χ0) is 18.1. The number of fused-ring (bicyclic) bond motifs is 1. The first-order chi connectivity index (χ1) is 11.2. The number of halogens is 1. The van der Waals surface area contributed by atoms with Crippen LogP contribution >= 0.6 is 15.9 Å². The number of anilines is 1. The van der Waals surface area contributed by atoms with Crippen molar-refractivity contribution in [3.8, 4) is 0 Å². The lowest BCUT2D eigenvalue weighted by atomic mass is 9.83. The molecule has 2 rings (SSSR count). The summed E-state index contributed by atoms with van der Waals surface area (Å²) in [6.45, 7) is 5.47. The Bertz CT molecular complexity index is 647. The average Bonchev–Trinajstić information content (AvgIpc) is 2.67. The van der Waals surface area contributed by atoms with E-state index in [1.165, 1.54) is 14.2 Å². The number of hydrogen-bond acceptors (Lipinski definition) is 5. The van der Waals surface area contributed by atoms with Gasteiger partial charge in [-0.15, -0.1) is 0 Å². The normalized spacial score (nSPS) is 16.2. The predicted octanol–water partition coefficient (Wildman–Crippen LogP) is 3.26. The van der Waals surface area contributed by atoms with E-state index in [1.54, 1.807) is 32.9 Å². The number of nitrogens with zero attached hydrogens (tertiary/aromatic N) is 1. The summed E-state index contributed by atoms with van der Waals surface area (Å²) in [5.74, 6) is -0.409. The van der Waals surface area contributed by atoms with Gasteiger partial charge in [0.1, 0.15) is 11.0 Å². The highest BCUT2D eigenvalue weighted by Gasteiger charge is 2.54. The SMILES string of the molecule is COCC1(COC)C(=O)N(C(=O)OC(C)(C)C)c2cc(Br)ccc21. The number of carbonyl (C=O) groups is 2. The molecule has 0 saturated heterocycles. The first-order valence-electron chi connectivity index (χ1n) is 7.52. The molecule has 24 heavy (non-hydrogen) atoms. The molecule has 1 aliphatic rings. The van der Waals surface area contributed by atoms with Gasteiger partial charge < -0.3 is 14.2 Å². The summed E-state index contributed by atoms with van der Waals surface area (Å²) < 4.78 is 16.7. The lowest BCUT2D eigenvalue weighted by Gasteiger charge is -2.27. The van der Waals surface area contributed by atoms with Crippen LogP contribution in [0.1, 0.15) is 26.3 Å². The van der Waals surface area contributed by atoms with Crippen LogP contribution in [0.5, 0.6) is 0 Å². The fourth-order valence-corrected chi connectivity index (χ4v) is 3.18. The van der Waals surface area contributed by atoms with Crippen molar-refractivity contribution in [1.29, 1.82) is 0 Å². The van der Waals surface area contributed by atoms with E-state index < -0.39 is 23.0 Å². The number of carbonyl (C=O) groups excluding carboxylic acids is 2. The minimum Gasteiger partial charge on any atom is -0.443 e. The Balaban J connectivity index is 2.57. The van der Waals surface area contributed by atoms with Crippen molar-refractivity contribution in [3.63, 3.8) is 0 Å². The van der Waals surface area contributed by atoms with Crippen molar-refractivity contribution in [1.82, 2.24) is 0 Å². The lowest BCUT2D eigenvalue weighted by Crippen LogP contribution is -2.49. The van der Waals surface area contributed by atoms with E-state index in [1.807, 2.05) is 6.07 Å². The zero-order valence-electron chi connectivity index (χ0n) is 14.5. The molecule has 132 valence electrons. The van der Waals surface area contributed by atoms with Crippen molar-refractivity contribution in [2.24, 2.45) is 0 Å². The molecule has 1 aromatic rings. The number of benzene rings is 1. The summed E-state index contributed by atoms with van der Waals surface area (Å²) in [5, 5.41) is 0. The maximum absolute atomic E-state index is 13.2. The number of amides is 2. The summed E-state index contributed by atoms with van der Waals surface area (Å²) in [7, 11) is 3.03. The van der Waals surface area contributed by atoms with E-state index in [4.69, 9.17) is 14.2 Å². The molecule has 0 spiro atoms. The predicted molar refractivity (Wildman–Crippen MR) is 93.3 cm³/mol. The maximum Gasteiger partial charge on any atom is 0.421 e. The Morgan fingerprint density at radius 2 is 1.79 bits per heavy atom. The van der Waals surface area contributed by atoms with E-state index in [0.717, 1.165) is 9.37 Å². The third-order valence-electron chi connectivity index (χ3n) is 3.69. The van der Waals surface area contributed by atoms with Gasteiger partial charge in [-0.05, 0) is 38.5 Å². The Morgan fingerprint density at radius 1 is 1.21 bits per heavy atom. The number of rotatable bonds is 4. The van der Waals surface area contributed by atoms with E-state index in [9.17, 15) is 9.59 Å². The van der Waals surface area contributed by atoms with Crippen molar-refractivity contribution >= 4 is 33.6 Å². The second kappa shape index (κ2) is 6.82. The lowest BCUT2D eigenvalue weighted by molar-refractivity contribution is -0.127. The summed E-state index contributed by atoms with van der Waals surface area (Å²) in [6, 6.07) is 5.36. The van der Waals surface area contributed by atoms with Gasteiger partial charge in [-0.25, -0.2) is 9.69 Å². The molecule has 7 heteroatoms. The topological polar surface area (TPSA) is 65.1 Å². The van der Waals surface area contributed by atoms with E-state index in [-0.39, 0.29) is 13.2 Å². The summed E-state index contributed by atoms with van der Waals surface area (Å²) >= 11 is 3.39. The van der Waals surface area contributed by atoms with Crippen LogP contribution in [0.4, 0.5) is 10.5 Å². The van der Waals surface area contributed by atoms with Crippen molar-refractivity contribution < 1.29 is 23.8 Å². The first kappa shape index (κ1) is 18.9. The molecule has 0 atom stereocenters. The molecule has 0 unspecified atom stereocenters. The standard InChI is InChI=1S/C17H22BrNO5/c1-16(2,3)24-15(21)19-13-8-11(18)6-7-12(13)17(9-22-4,10-23-5)14(19)20/h6-8H,9-10H2,1-5H3. The second-order valence-corrected chi connectivity index (χ2v) is 7.65. The summed E-state index contributed by atoms with van der Waals surface area (Å²) in [4.78, 5) is 26.9. The molecule has 0 radical (unpaired) electrons. The molecule has 1 aliphatic heterocycles. The second-order valence-electron chi connectivity index (χ2n) is 6.73. The van der Waals surface area contributed by atoms with Crippen molar-refractivity contribution in [2.75, 3.05) is 32.3 Å². The molecule has 0 aliphatic carbocycles. The molecule has 1 heterocycles. The van der Waals surface area contributed by atoms with Crippen molar-refractivity contribution in [2.45, 2.75) is 31.8 Å². The van der Waals surface area contributed by atoms with Gasteiger partial charge in [0, 0.05) is 18.7 Å². The summed E-state index contributed by atoms with van der Waals surface area (Å²) in [5.41, 5.74) is -0.615. The molecule has 2 amide bonds. The third kappa shape index (κ3) is 3.34. The van der Waals surface area contributed by atoms with E-state index in [2.05, 4.69) is 15.9 Å². The number of imide groups is 1. The largest absolute Gasteiger partial charge is 0.443 e. The van der Waals surface area contributed by atoms with Gasteiger partial charge in [-0.3, -0.25) is 4.79 Å². The van der Waals surface area contributed by atoms with E-state index in [0.29, 0.717) is 11.3 Å². The monoisotopic (exact) mass is 399 g/mol. The fraction of sp³-hybridized carbons (Fsp3) is 0.529. The van der Waals surface area contributed by atoms with Crippen LogP contribution in [0.25, 0.3) is 0 Å². The van der Waals surface area contributed by atoms with Crippen molar-refractivity contribution in [3.05, 3.63) is 28.2 Å². The van der Waals surface area contributed by atoms with Gasteiger partial charge in [-0.2, -0.15) is 0 Å². The van der Waals surface area contributed by atoms with Crippen LogP contribution in [-0.4, -0.2) is 45.0 Å². The van der Waals surface area contributed by atoms with Crippen LogP contribution in [0.15, 0.2) is 22.7 Å². The van der Waals surface area contributed by atoms with Crippen LogP contribution in [-0.2, 0) is 24.4 Å². The fourth-order valence-electron chi connectivity index (χ4n) is 2.84. The molecule has 0 aromatic heterocycles. The third-order valence-corrected chi connectivity index (χ3v) is 4.18. The van der Waals surface area contributed by atoms with Crippen LogP contribution in [0.3, 0.4) is 0 Å². The minimum atomic E-state index is -1.07. The molecule has 0 fully saturated rings. The first-order valence-corrected chi connectivity index (χ1v) is 8.31. The molecule has 6 nitrogen and oxygen atoms in total. The minimum absolute atomic E-state index is 0.105. The highest BCUT2D eigenvalue weighted by Crippen LogP contribution is 2.44. The van der Waals surface area contributed by atoms with Gasteiger partial charge in [0.2, 0.25) is 0 Å². The van der Waals surface area contributed by atoms with E-state index >= 15 is 0 Å². The highest BCUT2D eigenvalue weighted by atomic mass is 79.9. The Labute approximate surface area is 150 Å². The number of ether oxygens (including phenoxy) is 3. The summed E-state index contributed by atoms with van der Waals surface area (Å²) in [6.07, 6.45) is -0.707. The average molecular weight is 400 g/mol.